The first kappa shape index (κ1) is 16.0. The van der Waals surface area contributed by atoms with Crippen molar-refractivity contribution in [3.05, 3.63) is 44.8 Å². The van der Waals surface area contributed by atoms with E-state index in [1.807, 2.05) is 0 Å². The molecule has 1 unspecified atom stereocenters. The number of carboxylic acid groups (broad SMARTS) is 1. The summed E-state index contributed by atoms with van der Waals surface area (Å²) in [4.78, 5) is 23.5. The Kier molecular flexibility index (Phi) is 4.41. The molecule has 0 fully saturated rings. The van der Waals surface area contributed by atoms with E-state index in [2.05, 4.69) is 0 Å². The summed E-state index contributed by atoms with van der Waals surface area (Å²) >= 11 is 5.71. The third-order valence-corrected chi connectivity index (χ3v) is 4.64. The van der Waals surface area contributed by atoms with Gasteiger partial charge in [-0.2, -0.15) is 0 Å². The summed E-state index contributed by atoms with van der Waals surface area (Å²) in [7, 11) is 0. The predicted octanol–water partition coefficient (Wildman–Crippen LogP) is 2.51. The number of alkyl halides is 1. The zero-order chi connectivity index (χ0) is 16.6. The summed E-state index contributed by atoms with van der Waals surface area (Å²) < 4.78 is 5.49. The lowest BCUT2D eigenvalue weighted by atomic mass is 9.85. The van der Waals surface area contributed by atoms with Gasteiger partial charge in [0.05, 0.1) is 11.5 Å². The molecular weight excluding hydrogens is 320 g/mol. The second-order valence-electron chi connectivity index (χ2n) is 5.87. The average Bonchev–Trinajstić information content (AvgIpc) is 2.54. The zero-order valence-electron chi connectivity index (χ0n) is 12.5. The number of rotatable bonds is 4. The average molecular weight is 337 g/mol. The lowest BCUT2D eigenvalue weighted by Gasteiger charge is -2.22. The van der Waals surface area contributed by atoms with Gasteiger partial charge in [0.15, 0.2) is 5.43 Å². The summed E-state index contributed by atoms with van der Waals surface area (Å²) in [5, 5.41) is 19.4. The highest BCUT2D eigenvalue weighted by molar-refractivity contribution is 6.18. The summed E-state index contributed by atoms with van der Waals surface area (Å²) in [6, 6.07) is 2.81. The number of aryl methyl sites for hydroxylation is 1. The Morgan fingerprint density at radius 2 is 2.04 bits per heavy atom. The van der Waals surface area contributed by atoms with Gasteiger partial charge < -0.3 is 14.6 Å². The van der Waals surface area contributed by atoms with Crippen molar-refractivity contribution in [2.24, 2.45) is 0 Å². The number of carbonyl (C=O) groups is 1. The molecule has 1 aliphatic carbocycles. The predicted molar refractivity (Wildman–Crippen MR) is 86.5 cm³/mol. The summed E-state index contributed by atoms with van der Waals surface area (Å²) in [5.74, 6) is -1.61. The van der Waals surface area contributed by atoms with Gasteiger partial charge in [-0.15, -0.1) is 11.6 Å². The standard InChI is InChI=1S/C17H17ClO5/c18-8-10(19)6-12-11-4-2-1-3-9(11)5-13-14(20)7-15(17(21)22)23-16(12)13/h5,7,10,19H,1-4,6,8H2,(H,21,22). The van der Waals surface area contributed by atoms with Crippen LogP contribution in [0.5, 0.6) is 0 Å². The minimum absolute atomic E-state index is 0.0635. The molecule has 0 radical (unpaired) electrons. The van der Waals surface area contributed by atoms with Crippen LogP contribution in [0.15, 0.2) is 21.3 Å². The van der Waals surface area contributed by atoms with E-state index in [1.54, 1.807) is 6.07 Å². The third-order valence-electron chi connectivity index (χ3n) is 4.28. The molecule has 23 heavy (non-hydrogen) atoms. The van der Waals surface area contributed by atoms with Crippen molar-refractivity contribution in [3.8, 4) is 0 Å². The topological polar surface area (TPSA) is 87.7 Å². The first-order valence-corrected chi connectivity index (χ1v) is 8.13. The second-order valence-corrected chi connectivity index (χ2v) is 6.18. The van der Waals surface area contributed by atoms with Crippen LogP contribution in [0.1, 0.15) is 40.1 Å². The molecule has 1 heterocycles. The van der Waals surface area contributed by atoms with Crippen molar-refractivity contribution in [2.45, 2.75) is 38.2 Å². The van der Waals surface area contributed by atoms with Crippen LogP contribution in [0, 0.1) is 0 Å². The maximum absolute atomic E-state index is 12.3. The molecule has 2 aromatic rings. The fourth-order valence-electron chi connectivity index (χ4n) is 3.22. The monoisotopic (exact) mass is 336 g/mol. The van der Waals surface area contributed by atoms with Crippen LogP contribution in [0.2, 0.25) is 0 Å². The smallest absolute Gasteiger partial charge is 0.371 e. The summed E-state index contributed by atoms with van der Waals surface area (Å²) in [5.41, 5.74) is 2.73. The van der Waals surface area contributed by atoms with E-state index >= 15 is 0 Å². The van der Waals surface area contributed by atoms with Crippen LogP contribution in [0.3, 0.4) is 0 Å². The van der Waals surface area contributed by atoms with Gasteiger partial charge in [-0.25, -0.2) is 4.79 Å². The van der Waals surface area contributed by atoms with Gasteiger partial charge >= 0.3 is 5.97 Å². The van der Waals surface area contributed by atoms with Crippen molar-refractivity contribution in [2.75, 3.05) is 5.88 Å². The highest BCUT2D eigenvalue weighted by Gasteiger charge is 2.22. The molecule has 6 heteroatoms. The summed E-state index contributed by atoms with van der Waals surface area (Å²) in [6.07, 6.45) is 3.24. The van der Waals surface area contributed by atoms with Crippen molar-refractivity contribution in [1.82, 2.24) is 0 Å². The molecule has 5 nitrogen and oxygen atoms in total. The fraction of sp³-hybridized carbons (Fsp3) is 0.412. The molecule has 0 spiro atoms. The van der Waals surface area contributed by atoms with Crippen molar-refractivity contribution in [1.29, 1.82) is 0 Å². The number of aromatic carboxylic acids is 1. The molecule has 2 N–H and O–H groups in total. The number of aliphatic hydroxyl groups is 1. The Morgan fingerprint density at radius 3 is 2.74 bits per heavy atom. The lowest BCUT2D eigenvalue weighted by molar-refractivity contribution is 0.0663. The molecule has 1 aromatic carbocycles. The van der Waals surface area contributed by atoms with Crippen LogP contribution < -0.4 is 5.43 Å². The van der Waals surface area contributed by atoms with E-state index < -0.39 is 12.1 Å². The normalized spacial score (nSPS) is 15.4. The Hall–Kier alpha value is -1.85. The summed E-state index contributed by atoms with van der Waals surface area (Å²) in [6.45, 7) is 0. The van der Waals surface area contributed by atoms with Crippen molar-refractivity contribution < 1.29 is 19.4 Å². The van der Waals surface area contributed by atoms with Gasteiger partial charge in [0.2, 0.25) is 5.76 Å². The van der Waals surface area contributed by atoms with E-state index in [9.17, 15) is 14.7 Å². The van der Waals surface area contributed by atoms with Crippen molar-refractivity contribution in [3.63, 3.8) is 0 Å². The quantitative estimate of drug-likeness (QED) is 0.838. The SMILES string of the molecule is O=C(O)c1cc(=O)c2cc3c(c(CC(O)CCl)c2o1)CCCC3. The number of hydrogen-bond donors (Lipinski definition) is 2. The van der Waals surface area contributed by atoms with E-state index in [-0.39, 0.29) is 29.1 Å². The Bertz CT molecular complexity index is 824. The largest absolute Gasteiger partial charge is 0.475 e. The molecule has 0 amide bonds. The molecule has 3 rings (SSSR count). The van der Waals surface area contributed by atoms with Gasteiger partial charge in [-0.3, -0.25) is 4.79 Å². The van der Waals surface area contributed by atoms with Crippen LogP contribution in [-0.2, 0) is 19.3 Å². The number of benzene rings is 1. The van der Waals surface area contributed by atoms with Gasteiger partial charge in [0.25, 0.3) is 0 Å². The van der Waals surface area contributed by atoms with E-state index in [0.29, 0.717) is 10.9 Å². The molecule has 0 aliphatic heterocycles. The number of aliphatic hydroxyl groups excluding tert-OH is 1. The fourth-order valence-corrected chi connectivity index (χ4v) is 3.33. The Morgan fingerprint density at radius 1 is 1.30 bits per heavy atom. The van der Waals surface area contributed by atoms with E-state index in [0.717, 1.165) is 42.9 Å². The zero-order valence-corrected chi connectivity index (χ0v) is 13.2. The second kappa shape index (κ2) is 6.34. The highest BCUT2D eigenvalue weighted by atomic mass is 35.5. The maximum Gasteiger partial charge on any atom is 0.371 e. The molecule has 0 saturated carbocycles. The maximum atomic E-state index is 12.3. The van der Waals surface area contributed by atoms with Crippen molar-refractivity contribution >= 4 is 28.5 Å². The molecule has 1 atom stereocenters. The van der Waals surface area contributed by atoms with Crippen LogP contribution in [0.4, 0.5) is 0 Å². The van der Waals surface area contributed by atoms with Crippen LogP contribution in [0.25, 0.3) is 11.0 Å². The molecule has 0 saturated heterocycles. The van der Waals surface area contributed by atoms with Gasteiger partial charge in [-0.05, 0) is 42.9 Å². The number of hydrogen-bond acceptors (Lipinski definition) is 4. The lowest BCUT2D eigenvalue weighted by Crippen LogP contribution is -2.18. The first-order valence-electron chi connectivity index (χ1n) is 7.60. The Labute approximate surface area is 137 Å². The molecular formula is C17H17ClO5. The van der Waals surface area contributed by atoms with Gasteiger partial charge in [0.1, 0.15) is 5.58 Å². The Balaban J connectivity index is 2.32. The minimum Gasteiger partial charge on any atom is -0.475 e. The number of halogens is 1. The third kappa shape index (κ3) is 2.99. The van der Waals surface area contributed by atoms with Crippen LogP contribution >= 0.6 is 11.6 Å². The van der Waals surface area contributed by atoms with E-state index in [4.69, 9.17) is 21.1 Å². The van der Waals surface area contributed by atoms with Crippen LogP contribution in [-0.4, -0.2) is 28.2 Å². The number of carboxylic acids is 1. The molecule has 122 valence electrons. The first-order chi connectivity index (χ1) is 11.0. The highest BCUT2D eigenvalue weighted by Crippen LogP contribution is 2.31. The van der Waals surface area contributed by atoms with E-state index in [1.165, 1.54) is 0 Å². The molecule has 1 aromatic heterocycles. The van der Waals surface area contributed by atoms with Gasteiger partial charge in [-0.1, -0.05) is 0 Å². The minimum atomic E-state index is -1.29. The van der Waals surface area contributed by atoms with Gasteiger partial charge in [0, 0.05) is 23.9 Å². The number of fused-ring (bicyclic) bond motifs is 2. The molecule has 1 aliphatic rings. The molecule has 0 bridgehead atoms.